The molecule has 0 saturated carbocycles. The third-order valence-corrected chi connectivity index (χ3v) is 2.73. The first-order valence-electron chi connectivity index (χ1n) is 5.75. The lowest BCUT2D eigenvalue weighted by atomic mass is 10.3. The molecule has 0 bridgehead atoms. The minimum absolute atomic E-state index is 0.695. The molecule has 5 heteroatoms. The Balaban J connectivity index is 2.13. The van der Waals surface area contributed by atoms with Crippen LogP contribution in [0.4, 0.5) is 5.82 Å². The lowest BCUT2D eigenvalue weighted by Gasteiger charge is -1.96. The molecule has 3 heterocycles. The van der Waals surface area contributed by atoms with Crippen molar-refractivity contribution in [1.82, 2.24) is 19.9 Å². The van der Waals surface area contributed by atoms with Gasteiger partial charge in [0.2, 0.25) is 0 Å². The molecule has 0 saturated heterocycles. The molecule has 0 spiro atoms. The third-order valence-electron chi connectivity index (χ3n) is 2.73. The van der Waals surface area contributed by atoms with Gasteiger partial charge in [0.25, 0.3) is 0 Å². The molecule has 0 atom stereocenters. The van der Waals surface area contributed by atoms with Crippen LogP contribution in [0.15, 0.2) is 30.3 Å². The fourth-order valence-corrected chi connectivity index (χ4v) is 1.83. The standard InChI is InChI=1S/C13H13N5/c1-8-4-3-5-9(15-8)12-16-10-6-7-11(14-2)17-13(10)18-12/h3-7H,1-2H3,(H2,14,16,17,18). The van der Waals surface area contributed by atoms with Gasteiger partial charge < -0.3 is 10.3 Å². The molecule has 0 aliphatic carbocycles. The highest BCUT2D eigenvalue weighted by Crippen LogP contribution is 2.19. The van der Waals surface area contributed by atoms with Crippen LogP contribution in [0.5, 0.6) is 0 Å². The zero-order chi connectivity index (χ0) is 12.5. The van der Waals surface area contributed by atoms with Crippen molar-refractivity contribution in [3.8, 4) is 11.5 Å². The van der Waals surface area contributed by atoms with Gasteiger partial charge in [-0.25, -0.2) is 15.0 Å². The second kappa shape index (κ2) is 4.10. The molecular weight excluding hydrogens is 226 g/mol. The first-order valence-corrected chi connectivity index (χ1v) is 5.75. The van der Waals surface area contributed by atoms with Gasteiger partial charge in [0.1, 0.15) is 11.5 Å². The van der Waals surface area contributed by atoms with Crippen LogP contribution in [0.2, 0.25) is 0 Å². The summed E-state index contributed by atoms with van der Waals surface area (Å²) in [5, 5.41) is 3.00. The molecular formula is C13H13N5. The lowest BCUT2D eigenvalue weighted by Crippen LogP contribution is -1.91. The first kappa shape index (κ1) is 10.7. The summed E-state index contributed by atoms with van der Waals surface area (Å²) < 4.78 is 0. The van der Waals surface area contributed by atoms with Crippen LogP contribution < -0.4 is 5.32 Å². The Hall–Kier alpha value is -2.43. The normalized spacial score (nSPS) is 10.8. The summed E-state index contributed by atoms with van der Waals surface area (Å²) in [6, 6.07) is 9.74. The molecule has 0 radical (unpaired) electrons. The predicted molar refractivity (Wildman–Crippen MR) is 71.4 cm³/mol. The van der Waals surface area contributed by atoms with Crippen molar-refractivity contribution >= 4 is 17.0 Å². The number of aryl methyl sites for hydroxylation is 1. The summed E-state index contributed by atoms with van der Waals surface area (Å²) in [5.41, 5.74) is 3.41. The zero-order valence-electron chi connectivity index (χ0n) is 10.2. The molecule has 0 fully saturated rings. The number of nitrogens with zero attached hydrogens (tertiary/aromatic N) is 3. The molecule has 3 aromatic rings. The van der Waals surface area contributed by atoms with E-state index in [2.05, 4.69) is 25.3 Å². The summed E-state index contributed by atoms with van der Waals surface area (Å²) >= 11 is 0. The van der Waals surface area contributed by atoms with Crippen LogP contribution in [-0.4, -0.2) is 27.0 Å². The number of aromatic nitrogens is 4. The quantitative estimate of drug-likeness (QED) is 0.720. The maximum absolute atomic E-state index is 4.46. The second-order valence-corrected chi connectivity index (χ2v) is 4.07. The summed E-state index contributed by atoms with van der Waals surface area (Å²) in [6.07, 6.45) is 0. The number of hydrogen-bond acceptors (Lipinski definition) is 4. The van der Waals surface area contributed by atoms with Crippen LogP contribution in [0, 0.1) is 6.92 Å². The van der Waals surface area contributed by atoms with Crippen LogP contribution in [-0.2, 0) is 0 Å². The van der Waals surface area contributed by atoms with Gasteiger partial charge in [0, 0.05) is 12.7 Å². The summed E-state index contributed by atoms with van der Waals surface area (Å²) in [5.74, 6) is 1.55. The Bertz CT molecular complexity index is 701. The third kappa shape index (κ3) is 1.79. The molecule has 18 heavy (non-hydrogen) atoms. The first-order chi connectivity index (χ1) is 8.76. The number of aromatic amines is 1. The molecule has 0 unspecified atom stereocenters. The van der Waals surface area contributed by atoms with Gasteiger partial charge in [-0.3, -0.25) is 0 Å². The van der Waals surface area contributed by atoms with Gasteiger partial charge in [0.05, 0.1) is 5.52 Å². The van der Waals surface area contributed by atoms with Crippen molar-refractivity contribution in [1.29, 1.82) is 0 Å². The minimum Gasteiger partial charge on any atom is -0.373 e. The number of nitrogens with one attached hydrogen (secondary N) is 2. The van der Waals surface area contributed by atoms with E-state index < -0.39 is 0 Å². The lowest BCUT2D eigenvalue weighted by molar-refractivity contribution is 1.16. The second-order valence-electron chi connectivity index (χ2n) is 4.07. The van der Waals surface area contributed by atoms with E-state index in [0.29, 0.717) is 5.65 Å². The summed E-state index contributed by atoms with van der Waals surface area (Å²) in [6.45, 7) is 1.96. The highest BCUT2D eigenvalue weighted by atomic mass is 15.0. The van der Waals surface area contributed by atoms with Gasteiger partial charge in [-0.15, -0.1) is 0 Å². The van der Waals surface area contributed by atoms with Crippen LogP contribution in [0.3, 0.4) is 0 Å². The summed E-state index contributed by atoms with van der Waals surface area (Å²) in [4.78, 5) is 16.5. The van der Waals surface area contributed by atoms with Crippen molar-refractivity contribution in [3.63, 3.8) is 0 Å². The predicted octanol–water partition coefficient (Wildman–Crippen LogP) is 2.37. The zero-order valence-corrected chi connectivity index (χ0v) is 10.2. The number of imidazole rings is 1. The maximum atomic E-state index is 4.46. The number of rotatable bonds is 2. The van der Waals surface area contributed by atoms with Crippen molar-refractivity contribution in [2.24, 2.45) is 0 Å². The van der Waals surface area contributed by atoms with Gasteiger partial charge in [-0.2, -0.15) is 0 Å². The number of hydrogen-bond donors (Lipinski definition) is 2. The van der Waals surface area contributed by atoms with Gasteiger partial charge in [0.15, 0.2) is 11.5 Å². The van der Waals surface area contributed by atoms with Crippen molar-refractivity contribution in [2.75, 3.05) is 12.4 Å². The molecule has 0 aromatic carbocycles. The fraction of sp³-hybridized carbons (Fsp3) is 0.154. The monoisotopic (exact) mass is 239 g/mol. The van der Waals surface area contributed by atoms with Crippen LogP contribution in [0.25, 0.3) is 22.7 Å². The molecule has 3 rings (SSSR count). The number of H-pyrrole nitrogens is 1. The summed E-state index contributed by atoms with van der Waals surface area (Å²) in [7, 11) is 1.84. The Morgan fingerprint density at radius 2 is 1.94 bits per heavy atom. The van der Waals surface area contributed by atoms with Crippen molar-refractivity contribution < 1.29 is 0 Å². The largest absolute Gasteiger partial charge is 0.373 e. The molecule has 0 amide bonds. The van der Waals surface area contributed by atoms with E-state index in [1.165, 1.54) is 0 Å². The maximum Gasteiger partial charge on any atom is 0.180 e. The number of pyridine rings is 2. The highest BCUT2D eigenvalue weighted by molar-refractivity contribution is 5.76. The van der Waals surface area contributed by atoms with E-state index in [1.54, 1.807) is 0 Å². The minimum atomic E-state index is 0.695. The number of anilines is 1. The van der Waals surface area contributed by atoms with Gasteiger partial charge in [-0.05, 0) is 31.2 Å². The van der Waals surface area contributed by atoms with E-state index in [1.807, 2.05) is 44.3 Å². The molecule has 90 valence electrons. The Morgan fingerprint density at radius 3 is 2.72 bits per heavy atom. The molecule has 5 nitrogen and oxygen atoms in total. The van der Waals surface area contributed by atoms with E-state index in [0.717, 1.165) is 28.5 Å². The van der Waals surface area contributed by atoms with Crippen LogP contribution >= 0.6 is 0 Å². The number of fused-ring (bicyclic) bond motifs is 1. The van der Waals surface area contributed by atoms with E-state index in [4.69, 9.17) is 0 Å². The average molecular weight is 239 g/mol. The van der Waals surface area contributed by atoms with Gasteiger partial charge >= 0.3 is 0 Å². The van der Waals surface area contributed by atoms with E-state index >= 15 is 0 Å². The molecule has 0 aliphatic rings. The van der Waals surface area contributed by atoms with Crippen molar-refractivity contribution in [3.05, 3.63) is 36.0 Å². The van der Waals surface area contributed by atoms with Crippen molar-refractivity contribution in [2.45, 2.75) is 6.92 Å². The molecule has 0 aliphatic heterocycles. The van der Waals surface area contributed by atoms with E-state index in [9.17, 15) is 0 Å². The Kier molecular flexibility index (Phi) is 2.44. The van der Waals surface area contributed by atoms with E-state index in [-0.39, 0.29) is 0 Å². The molecule has 3 aromatic heterocycles. The fourth-order valence-electron chi connectivity index (χ4n) is 1.83. The van der Waals surface area contributed by atoms with Gasteiger partial charge in [-0.1, -0.05) is 6.07 Å². The topological polar surface area (TPSA) is 66.5 Å². The molecule has 2 N–H and O–H groups in total. The highest BCUT2D eigenvalue weighted by Gasteiger charge is 2.07. The Labute approximate surface area is 104 Å². The SMILES string of the molecule is CNc1ccc2[nH]c(-c3cccc(C)n3)nc2n1. The smallest absolute Gasteiger partial charge is 0.180 e. The average Bonchev–Trinajstić information content (AvgIpc) is 2.81. The van der Waals surface area contributed by atoms with Crippen LogP contribution in [0.1, 0.15) is 5.69 Å². The Morgan fingerprint density at radius 1 is 1.06 bits per heavy atom.